The van der Waals surface area contributed by atoms with Crippen LogP contribution < -0.4 is 20.5 Å². The Labute approximate surface area is 191 Å². The molecule has 1 amide bonds. The first kappa shape index (κ1) is 21.0. The zero-order chi connectivity index (χ0) is 23.2. The summed E-state index contributed by atoms with van der Waals surface area (Å²) in [6, 6.07) is 7.41. The number of methoxy groups -OCH3 is 1. The molecule has 1 atom stereocenters. The number of nitrogens with two attached hydrogens (primary N) is 1. The van der Waals surface area contributed by atoms with Gasteiger partial charge in [0.2, 0.25) is 5.88 Å². The lowest BCUT2D eigenvalue weighted by atomic mass is 9.78. The number of nitrogens with one attached hydrogen (secondary N) is 1. The predicted molar refractivity (Wildman–Crippen MR) is 121 cm³/mol. The van der Waals surface area contributed by atoms with Crippen molar-refractivity contribution in [1.82, 2.24) is 9.97 Å². The normalized spacial score (nSPS) is 18.5. The number of amides is 1. The van der Waals surface area contributed by atoms with Crippen LogP contribution in [0, 0.1) is 5.82 Å². The number of anilines is 1. The van der Waals surface area contributed by atoms with Crippen LogP contribution in [0.25, 0.3) is 0 Å². The fourth-order valence-corrected chi connectivity index (χ4v) is 4.80. The lowest BCUT2D eigenvalue weighted by Crippen LogP contribution is -2.35. The Kier molecular flexibility index (Phi) is 5.05. The average molecular weight is 467 g/mol. The molecule has 0 bridgehead atoms. The number of aromatic hydroxyl groups is 1. The van der Waals surface area contributed by atoms with Gasteiger partial charge in [0.25, 0.3) is 5.91 Å². The topological polar surface area (TPSA) is 132 Å². The quantitative estimate of drug-likeness (QED) is 0.534. The Morgan fingerprint density at radius 2 is 2.12 bits per heavy atom. The number of phenolic OH excluding ortho intramolecular Hbond substituents is 1. The summed E-state index contributed by atoms with van der Waals surface area (Å²) in [6.07, 6.45) is 3.15. The largest absolute Gasteiger partial charge is 0.508 e. The third kappa shape index (κ3) is 3.59. The van der Waals surface area contributed by atoms with E-state index in [2.05, 4.69) is 20.3 Å². The van der Waals surface area contributed by atoms with Crippen molar-refractivity contribution in [2.75, 3.05) is 18.2 Å². The molecule has 3 aromatic rings. The summed E-state index contributed by atoms with van der Waals surface area (Å²) in [6.45, 7) is 0. The molecule has 0 aliphatic carbocycles. The number of nitrogens with zero attached hydrogens (tertiary/aromatic N) is 3. The number of aromatic nitrogens is 2. The van der Waals surface area contributed by atoms with Crippen molar-refractivity contribution in [3.05, 3.63) is 65.4 Å². The second kappa shape index (κ2) is 7.93. The molecule has 4 N–H and O–H groups in total. The maximum Gasteiger partial charge on any atom is 0.275 e. The number of thioether (sulfide) groups is 1. The van der Waals surface area contributed by atoms with E-state index in [1.54, 1.807) is 18.2 Å². The van der Waals surface area contributed by atoms with Gasteiger partial charge in [-0.1, -0.05) is 11.8 Å². The number of halogens is 1. The molecule has 3 heterocycles. The zero-order valence-electron chi connectivity index (χ0n) is 17.3. The number of ether oxygens (including phenoxy) is 2. The number of benzene rings is 2. The van der Waals surface area contributed by atoms with Crippen LogP contribution in [0.1, 0.15) is 28.0 Å². The molecule has 1 unspecified atom stereocenters. The van der Waals surface area contributed by atoms with Crippen molar-refractivity contribution in [1.29, 1.82) is 0 Å². The van der Waals surface area contributed by atoms with Crippen LogP contribution in [0.15, 0.2) is 47.7 Å². The van der Waals surface area contributed by atoms with E-state index in [0.29, 0.717) is 45.8 Å². The number of carbonyl (C=O) groups is 1. The number of amidine groups is 1. The molecular formula is C22H18FN5O4S. The SMILES string of the molecule is COc1cnc(C(=O)Nc2ccc3c(c2)C2(CCSC(N)=N2)c2cc(O)cc(F)c2O3)cn1. The molecule has 0 saturated heterocycles. The van der Waals surface area contributed by atoms with Gasteiger partial charge in [0.05, 0.1) is 19.5 Å². The summed E-state index contributed by atoms with van der Waals surface area (Å²) in [5.41, 5.74) is 6.53. The molecule has 9 nitrogen and oxygen atoms in total. The number of hydrogen-bond donors (Lipinski definition) is 3. The van der Waals surface area contributed by atoms with Crippen molar-refractivity contribution >= 4 is 28.5 Å². The minimum atomic E-state index is -1.07. The molecule has 0 saturated carbocycles. The van der Waals surface area contributed by atoms with Gasteiger partial charge in [-0.25, -0.2) is 19.4 Å². The monoisotopic (exact) mass is 467 g/mol. The maximum absolute atomic E-state index is 14.7. The molecule has 1 spiro atoms. The van der Waals surface area contributed by atoms with Crippen molar-refractivity contribution in [2.45, 2.75) is 12.0 Å². The molecule has 0 radical (unpaired) electrons. The summed E-state index contributed by atoms with van der Waals surface area (Å²) >= 11 is 1.39. The maximum atomic E-state index is 14.7. The molecule has 1 aromatic heterocycles. The van der Waals surface area contributed by atoms with Crippen LogP contribution in [0.2, 0.25) is 0 Å². The van der Waals surface area contributed by atoms with Crippen molar-refractivity contribution < 1.29 is 23.8 Å². The van der Waals surface area contributed by atoms with Crippen LogP contribution in [0.3, 0.4) is 0 Å². The van der Waals surface area contributed by atoms with E-state index >= 15 is 0 Å². The van der Waals surface area contributed by atoms with Gasteiger partial charge in [-0.2, -0.15) is 0 Å². The van der Waals surface area contributed by atoms with E-state index in [-0.39, 0.29) is 17.2 Å². The van der Waals surface area contributed by atoms with Gasteiger partial charge in [0, 0.05) is 28.6 Å². The third-order valence-electron chi connectivity index (χ3n) is 5.45. The molecule has 2 aromatic carbocycles. The lowest BCUT2D eigenvalue weighted by molar-refractivity contribution is 0.102. The number of carbonyl (C=O) groups excluding carboxylic acids is 1. The minimum absolute atomic E-state index is 0.00552. The second-order valence-electron chi connectivity index (χ2n) is 7.42. The van der Waals surface area contributed by atoms with Crippen molar-refractivity contribution in [3.8, 4) is 23.1 Å². The first-order valence-electron chi connectivity index (χ1n) is 9.90. The predicted octanol–water partition coefficient (Wildman–Crippen LogP) is 3.38. The zero-order valence-corrected chi connectivity index (χ0v) is 18.1. The Morgan fingerprint density at radius 1 is 1.27 bits per heavy atom. The Balaban J connectivity index is 1.57. The lowest BCUT2D eigenvalue weighted by Gasteiger charge is -2.39. The Hall–Kier alpha value is -3.86. The number of hydrogen-bond acceptors (Lipinski definition) is 9. The summed E-state index contributed by atoms with van der Waals surface area (Å²) in [4.78, 5) is 25.4. The molecule has 168 valence electrons. The summed E-state index contributed by atoms with van der Waals surface area (Å²) in [5.74, 6) is -0.110. The number of rotatable bonds is 3. The Bertz CT molecular complexity index is 1300. The van der Waals surface area contributed by atoms with E-state index in [0.717, 1.165) is 6.07 Å². The highest BCUT2D eigenvalue weighted by atomic mass is 32.2. The van der Waals surface area contributed by atoms with Crippen LogP contribution in [0.5, 0.6) is 23.1 Å². The van der Waals surface area contributed by atoms with Gasteiger partial charge in [-0.15, -0.1) is 0 Å². The number of aliphatic imine (C=N–C) groups is 1. The van der Waals surface area contributed by atoms with E-state index in [9.17, 15) is 14.3 Å². The van der Waals surface area contributed by atoms with Gasteiger partial charge in [0.15, 0.2) is 16.7 Å². The van der Waals surface area contributed by atoms with Crippen LogP contribution in [-0.2, 0) is 5.54 Å². The van der Waals surface area contributed by atoms with Gasteiger partial charge in [-0.05, 0) is 30.7 Å². The molecule has 2 aliphatic heterocycles. The van der Waals surface area contributed by atoms with E-state index in [1.807, 2.05) is 0 Å². The molecule has 11 heteroatoms. The third-order valence-corrected chi connectivity index (χ3v) is 6.25. The standard InChI is InChI=1S/C22H18FN5O4S/c1-31-18-10-25-16(9-26-18)20(30)27-11-2-3-17-13(6-11)22(4-5-33-21(24)28-22)14-7-12(29)8-15(23)19(14)32-17/h2-3,6-10,29H,4-5H2,1H3,(H2,24,28)(H,27,30). The summed E-state index contributed by atoms with van der Waals surface area (Å²) < 4.78 is 25.5. The van der Waals surface area contributed by atoms with E-state index in [4.69, 9.17) is 15.2 Å². The Morgan fingerprint density at radius 3 is 2.85 bits per heavy atom. The number of fused-ring (bicyclic) bond motifs is 4. The van der Waals surface area contributed by atoms with Crippen molar-refractivity contribution in [3.63, 3.8) is 0 Å². The highest BCUT2D eigenvalue weighted by Gasteiger charge is 2.45. The first-order chi connectivity index (χ1) is 15.9. The summed E-state index contributed by atoms with van der Waals surface area (Å²) in [5, 5.41) is 13.2. The first-order valence-corrected chi connectivity index (χ1v) is 10.9. The fourth-order valence-electron chi connectivity index (χ4n) is 3.97. The molecule has 33 heavy (non-hydrogen) atoms. The number of phenols is 1. The molecule has 0 fully saturated rings. The average Bonchev–Trinajstić information content (AvgIpc) is 2.80. The van der Waals surface area contributed by atoms with Gasteiger partial charge in [0.1, 0.15) is 22.7 Å². The fraction of sp³-hybridized carbons (Fsp3) is 0.182. The van der Waals surface area contributed by atoms with Crippen molar-refractivity contribution in [2.24, 2.45) is 10.7 Å². The van der Waals surface area contributed by atoms with Gasteiger partial charge < -0.3 is 25.6 Å². The highest BCUT2D eigenvalue weighted by molar-refractivity contribution is 8.13. The van der Waals surface area contributed by atoms with E-state index in [1.165, 1.54) is 37.3 Å². The van der Waals surface area contributed by atoms with Crippen LogP contribution in [0.4, 0.5) is 10.1 Å². The van der Waals surface area contributed by atoms with E-state index < -0.39 is 17.3 Å². The van der Waals surface area contributed by atoms with Crippen LogP contribution >= 0.6 is 11.8 Å². The van der Waals surface area contributed by atoms with Gasteiger partial charge >= 0.3 is 0 Å². The minimum Gasteiger partial charge on any atom is -0.508 e. The molecular weight excluding hydrogens is 449 g/mol. The van der Waals surface area contributed by atoms with Crippen LogP contribution in [-0.4, -0.2) is 39.0 Å². The molecule has 5 rings (SSSR count). The summed E-state index contributed by atoms with van der Waals surface area (Å²) in [7, 11) is 1.46. The van der Waals surface area contributed by atoms with Gasteiger partial charge in [-0.3, -0.25) is 4.79 Å². The molecule has 2 aliphatic rings. The smallest absolute Gasteiger partial charge is 0.275 e. The second-order valence-corrected chi connectivity index (χ2v) is 8.54. The highest BCUT2D eigenvalue weighted by Crippen LogP contribution is 2.54.